The zero-order chi connectivity index (χ0) is 19.5. The number of hydrogen-bond acceptors (Lipinski definition) is 8. The van der Waals surface area contributed by atoms with Crippen LogP contribution in [-0.2, 0) is 19.0 Å². The van der Waals surface area contributed by atoms with Crippen LogP contribution in [0.25, 0.3) is 0 Å². The van der Waals surface area contributed by atoms with E-state index in [4.69, 9.17) is 36.3 Å². The largest absolute Gasteiger partial charge is 0.480 e. The number of nitrogens with two attached hydrogens (primary N) is 2. The Balaban J connectivity index is 3.34. The van der Waals surface area contributed by atoms with E-state index in [1.165, 1.54) is 0 Å². The smallest absolute Gasteiger partial charge is 0.320 e. The maximum atomic E-state index is 10.5. The van der Waals surface area contributed by atoms with Gasteiger partial charge in [-0.1, -0.05) is 0 Å². The second kappa shape index (κ2) is 17.7. The second-order valence-electron chi connectivity index (χ2n) is 5.08. The van der Waals surface area contributed by atoms with E-state index in [2.05, 4.69) is 20.3 Å². The highest BCUT2D eigenvalue weighted by Gasteiger charge is 2.09. The van der Waals surface area contributed by atoms with E-state index < -0.39 is 12.0 Å². The Morgan fingerprint density at radius 2 is 1.73 bits per heavy atom. The lowest BCUT2D eigenvalue weighted by molar-refractivity contribution is -0.138. The fourth-order valence-electron chi connectivity index (χ4n) is 1.64. The van der Waals surface area contributed by atoms with Gasteiger partial charge in [0.2, 0.25) is 4.91 Å². The Morgan fingerprint density at radius 1 is 1.12 bits per heavy atom. The number of rotatable bonds is 17. The first-order valence-electron chi connectivity index (χ1n) is 8.36. The van der Waals surface area contributed by atoms with E-state index in [1.54, 1.807) is 0 Å². The fourth-order valence-corrected chi connectivity index (χ4v) is 1.64. The zero-order valence-electron chi connectivity index (χ0n) is 14.9. The van der Waals surface area contributed by atoms with Crippen LogP contribution >= 0.6 is 0 Å². The van der Waals surface area contributed by atoms with Gasteiger partial charge in [0.05, 0.1) is 39.6 Å². The van der Waals surface area contributed by atoms with Crippen LogP contribution in [0.5, 0.6) is 0 Å². The van der Waals surface area contributed by atoms with Crippen molar-refractivity contribution in [2.45, 2.75) is 18.9 Å². The van der Waals surface area contributed by atoms with Crippen molar-refractivity contribution < 1.29 is 24.1 Å². The Morgan fingerprint density at radius 3 is 2.35 bits per heavy atom. The number of aliphatic carboxylic acids is 1. The Labute approximate surface area is 152 Å². The van der Waals surface area contributed by atoms with Crippen LogP contribution in [0.4, 0.5) is 0 Å². The number of guanidine groups is 1. The van der Waals surface area contributed by atoms with Gasteiger partial charge in [-0.2, -0.15) is 0 Å². The molecule has 26 heavy (non-hydrogen) atoms. The predicted octanol–water partition coefficient (Wildman–Crippen LogP) is -1.32. The maximum Gasteiger partial charge on any atom is 0.320 e. The molecule has 0 aliphatic carbocycles. The summed E-state index contributed by atoms with van der Waals surface area (Å²) >= 11 is 0. The number of nitrogens with one attached hydrogen (secondary N) is 2. The molecule has 0 unspecified atom stereocenters. The van der Waals surface area contributed by atoms with Crippen LogP contribution in [0.3, 0.4) is 0 Å². The molecular weight excluding hydrogens is 346 g/mol. The molecule has 12 nitrogen and oxygen atoms in total. The van der Waals surface area contributed by atoms with E-state index in [-0.39, 0.29) is 5.96 Å². The summed E-state index contributed by atoms with van der Waals surface area (Å²) in [4.78, 5) is 17.5. The van der Waals surface area contributed by atoms with Gasteiger partial charge in [0.15, 0.2) is 5.96 Å². The molecule has 0 fully saturated rings. The topological polar surface area (TPSA) is 192 Å². The molecule has 7 N–H and O–H groups in total. The number of aliphatic imine (C=N–C) groups is 1. The molecule has 0 saturated heterocycles. The molecule has 0 aromatic carbocycles. The highest BCUT2D eigenvalue weighted by molar-refractivity contribution is 5.77. The van der Waals surface area contributed by atoms with Crippen molar-refractivity contribution in [3.63, 3.8) is 0 Å². The van der Waals surface area contributed by atoms with Crippen molar-refractivity contribution in [1.29, 1.82) is 5.53 Å². The van der Waals surface area contributed by atoms with Crippen LogP contribution in [0.15, 0.2) is 10.1 Å². The van der Waals surface area contributed by atoms with Gasteiger partial charge in [-0.3, -0.25) is 9.79 Å². The van der Waals surface area contributed by atoms with Crippen LogP contribution in [0.1, 0.15) is 12.8 Å². The zero-order valence-corrected chi connectivity index (χ0v) is 14.9. The Bertz CT molecular complexity index is 443. The lowest BCUT2D eigenvalue weighted by Gasteiger charge is -2.08. The molecule has 1 atom stereocenters. The molecule has 0 heterocycles. The van der Waals surface area contributed by atoms with Crippen molar-refractivity contribution in [3.05, 3.63) is 0 Å². The first kappa shape index (κ1) is 23.9. The van der Waals surface area contributed by atoms with Gasteiger partial charge in [0, 0.05) is 13.1 Å². The summed E-state index contributed by atoms with van der Waals surface area (Å²) in [5.41, 5.74) is 17.5. The summed E-state index contributed by atoms with van der Waals surface area (Å²) in [6, 6.07) is -0.860. The molecule has 0 rings (SSSR count). The molecule has 0 aliphatic rings. The summed E-state index contributed by atoms with van der Waals surface area (Å²) in [6.07, 6.45) is 0.915. The van der Waals surface area contributed by atoms with Crippen molar-refractivity contribution in [2.75, 3.05) is 59.3 Å². The number of carbonyl (C=O) groups is 1. The maximum absolute atomic E-state index is 10.5. The summed E-state index contributed by atoms with van der Waals surface area (Å²) in [5.74, 6) is -0.725. The highest BCUT2D eigenvalue weighted by atomic mass is 16.5. The molecular formula is C14H30N7O5+. The summed E-state index contributed by atoms with van der Waals surface area (Å²) in [6.45, 7) is 4.02. The highest BCUT2D eigenvalue weighted by Crippen LogP contribution is 1.94. The minimum Gasteiger partial charge on any atom is -0.480 e. The Kier molecular flexibility index (Phi) is 16.3. The normalized spacial score (nSPS) is 12.4. The van der Waals surface area contributed by atoms with Gasteiger partial charge in [-0.25, -0.2) is 0 Å². The van der Waals surface area contributed by atoms with Crippen LogP contribution in [0, 0.1) is 5.53 Å². The average molecular weight is 376 g/mol. The van der Waals surface area contributed by atoms with Crippen molar-refractivity contribution in [3.8, 4) is 0 Å². The SMILES string of the molecule is N=[N+]=NCCOCCOCCOCCNC(N)=NCCC[C@H](N)C(=O)O. The van der Waals surface area contributed by atoms with Gasteiger partial charge in [0.25, 0.3) is 0 Å². The third-order valence-corrected chi connectivity index (χ3v) is 2.98. The molecule has 0 aromatic rings. The number of carboxylic acid groups (broad SMARTS) is 1. The number of nitrogens with zero attached hydrogens (tertiary/aromatic N) is 3. The minimum atomic E-state index is -1.01. The third-order valence-electron chi connectivity index (χ3n) is 2.98. The molecule has 150 valence electrons. The van der Waals surface area contributed by atoms with Crippen LogP contribution in [-0.4, -0.2) is 82.4 Å². The van der Waals surface area contributed by atoms with Gasteiger partial charge in [0.1, 0.15) is 23.2 Å². The number of hydrogen-bond donors (Lipinski definition) is 5. The van der Waals surface area contributed by atoms with E-state index in [9.17, 15) is 4.79 Å². The molecule has 12 heteroatoms. The van der Waals surface area contributed by atoms with E-state index in [0.717, 1.165) is 0 Å². The standard InChI is InChI=1S/C14H29N7O5/c15-12(13(22)23)2-1-3-18-14(16)19-4-6-24-8-10-26-11-9-25-7-5-20-21-17/h12,17H,1-11,15H2,(H3-,16,18,19,22,23)/p+1/t12-/m0/s1. The minimum absolute atomic E-state index is 0.288. The van der Waals surface area contributed by atoms with Gasteiger partial charge < -0.3 is 36.1 Å². The third kappa shape index (κ3) is 16.7. The number of carboxylic acids is 1. The molecule has 0 aromatic heterocycles. The van der Waals surface area contributed by atoms with E-state index in [1.807, 2.05) is 0 Å². The molecule has 0 bridgehead atoms. The summed E-state index contributed by atoms with van der Waals surface area (Å²) in [7, 11) is 0. The summed E-state index contributed by atoms with van der Waals surface area (Å²) in [5, 5.41) is 15.0. The van der Waals surface area contributed by atoms with Crippen LogP contribution in [0.2, 0.25) is 0 Å². The van der Waals surface area contributed by atoms with E-state index in [0.29, 0.717) is 72.1 Å². The first-order chi connectivity index (χ1) is 12.6. The number of ether oxygens (including phenoxy) is 3. The van der Waals surface area contributed by atoms with E-state index >= 15 is 0 Å². The quantitative estimate of drug-likeness (QED) is 0.0678. The van der Waals surface area contributed by atoms with Gasteiger partial charge in [-0.05, 0) is 12.8 Å². The first-order valence-corrected chi connectivity index (χ1v) is 8.36. The van der Waals surface area contributed by atoms with Gasteiger partial charge in [-0.15, -0.1) is 0 Å². The fraction of sp³-hybridized carbons (Fsp3) is 0.857. The molecule has 0 spiro atoms. The molecule has 0 radical (unpaired) electrons. The van der Waals surface area contributed by atoms with Crippen molar-refractivity contribution >= 4 is 11.9 Å². The van der Waals surface area contributed by atoms with Gasteiger partial charge >= 0.3 is 5.97 Å². The summed E-state index contributed by atoms with van der Waals surface area (Å²) < 4.78 is 15.9. The second-order valence-corrected chi connectivity index (χ2v) is 5.08. The van der Waals surface area contributed by atoms with Crippen molar-refractivity contribution in [2.24, 2.45) is 21.6 Å². The monoisotopic (exact) mass is 376 g/mol. The molecule has 0 aliphatic heterocycles. The predicted molar refractivity (Wildman–Crippen MR) is 93.9 cm³/mol. The van der Waals surface area contributed by atoms with Crippen molar-refractivity contribution in [1.82, 2.24) is 10.2 Å². The molecule has 0 amide bonds. The average Bonchev–Trinajstić information content (AvgIpc) is 2.62. The lowest BCUT2D eigenvalue weighted by atomic mass is 10.2. The Hall–Kier alpha value is -2.11. The lowest BCUT2D eigenvalue weighted by Crippen LogP contribution is -2.34. The molecule has 0 saturated carbocycles. The van der Waals surface area contributed by atoms with Crippen LogP contribution < -0.4 is 21.7 Å².